The van der Waals surface area contributed by atoms with Gasteiger partial charge in [0.25, 0.3) is 0 Å². The van der Waals surface area contributed by atoms with Crippen LogP contribution in [0.2, 0.25) is 0 Å². The molecule has 0 unspecified atom stereocenters. The SMILES string of the molecule is NC(=Nc1ccc(F)c(Br)c1)c1nonc1NC(=O)N1CCCCC1. The molecule has 2 amide bonds. The first kappa shape index (κ1) is 17.3. The molecule has 0 atom stereocenters. The molecule has 0 spiro atoms. The lowest BCUT2D eigenvalue weighted by Gasteiger charge is -2.26. The first-order chi connectivity index (χ1) is 12.0. The Morgan fingerprint density at radius 1 is 1.32 bits per heavy atom. The van der Waals surface area contributed by atoms with E-state index in [0.717, 1.165) is 19.3 Å². The predicted molar refractivity (Wildman–Crippen MR) is 93.2 cm³/mol. The van der Waals surface area contributed by atoms with E-state index in [4.69, 9.17) is 5.73 Å². The Balaban J connectivity index is 1.76. The maximum absolute atomic E-state index is 13.3. The van der Waals surface area contributed by atoms with Gasteiger partial charge in [-0.15, -0.1) is 0 Å². The highest BCUT2D eigenvalue weighted by Gasteiger charge is 2.21. The van der Waals surface area contributed by atoms with Gasteiger partial charge in [0, 0.05) is 13.1 Å². The molecule has 2 heterocycles. The number of carbonyl (C=O) groups excluding carboxylic acids is 1. The molecule has 3 N–H and O–H groups in total. The van der Waals surface area contributed by atoms with Crippen LogP contribution in [-0.2, 0) is 0 Å². The molecule has 25 heavy (non-hydrogen) atoms. The monoisotopic (exact) mass is 410 g/mol. The van der Waals surface area contributed by atoms with Crippen LogP contribution < -0.4 is 11.1 Å². The number of hydrogen-bond donors (Lipinski definition) is 2. The second kappa shape index (κ2) is 7.60. The van der Waals surface area contributed by atoms with Crippen molar-refractivity contribution in [3.8, 4) is 0 Å². The van der Waals surface area contributed by atoms with Crippen molar-refractivity contribution < 1.29 is 13.8 Å². The number of carbonyl (C=O) groups is 1. The van der Waals surface area contributed by atoms with Gasteiger partial charge in [-0.2, -0.15) is 0 Å². The van der Waals surface area contributed by atoms with Gasteiger partial charge in [-0.25, -0.2) is 18.8 Å². The van der Waals surface area contributed by atoms with Crippen molar-refractivity contribution in [2.45, 2.75) is 19.3 Å². The Morgan fingerprint density at radius 3 is 2.80 bits per heavy atom. The number of rotatable bonds is 3. The normalized spacial score (nSPS) is 15.3. The lowest BCUT2D eigenvalue weighted by molar-refractivity contribution is 0.199. The van der Waals surface area contributed by atoms with Crippen LogP contribution in [0.1, 0.15) is 25.0 Å². The minimum Gasteiger partial charge on any atom is -0.382 e. The summed E-state index contributed by atoms with van der Waals surface area (Å²) in [5, 5.41) is 10.00. The van der Waals surface area contributed by atoms with Gasteiger partial charge in [-0.05, 0) is 63.7 Å². The van der Waals surface area contributed by atoms with E-state index >= 15 is 0 Å². The highest BCUT2D eigenvalue weighted by Crippen LogP contribution is 2.23. The summed E-state index contributed by atoms with van der Waals surface area (Å²) < 4.78 is 18.2. The van der Waals surface area contributed by atoms with E-state index in [1.807, 2.05) is 0 Å². The molecule has 10 heteroatoms. The molecule has 0 bridgehead atoms. The lowest BCUT2D eigenvalue weighted by Crippen LogP contribution is -2.39. The topological polar surface area (TPSA) is 110 Å². The zero-order valence-corrected chi connectivity index (χ0v) is 14.8. The van der Waals surface area contributed by atoms with Crippen LogP contribution in [0.25, 0.3) is 0 Å². The Labute approximate surface area is 151 Å². The summed E-state index contributed by atoms with van der Waals surface area (Å²) in [7, 11) is 0. The number of hydrogen-bond acceptors (Lipinski definition) is 5. The zero-order chi connectivity index (χ0) is 17.8. The minimum atomic E-state index is -0.407. The summed E-state index contributed by atoms with van der Waals surface area (Å²) in [4.78, 5) is 18.1. The maximum Gasteiger partial charge on any atom is 0.323 e. The van der Waals surface area contributed by atoms with Crippen LogP contribution in [0.3, 0.4) is 0 Å². The molecular weight excluding hydrogens is 395 g/mol. The van der Waals surface area contributed by atoms with Gasteiger partial charge in [0.1, 0.15) is 5.82 Å². The highest BCUT2D eigenvalue weighted by molar-refractivity contribution is 9.10. The molecule has 2 aromatic rings. The van der Waals surface area contributed by atoms with Crippen molar-refractivity contribution >= 4 is 39.3 Å². The number of amidine groups is 1. The summed E-state index contributed by atoms with van der Waals surface area (Å²) in [6.45, 7) is 1.39. The largest absolute Gasteiger partial charge is 0.382 e. The van der Waals surface area contributed by atoms with E-state index < -0.39 is 5.82 Å². The van der Waals surface area contributed by atoms with E-state index in [1.165, 1.54) is 18.2 Å². The number of nitrogens with one attached hydrogen (secondary N) is 1. The quantitative estimate of drug-likeness (QED) is 0.596. The smallest absolute Gasteiger partial charge is 0.323 e. The van der Waals surface area contributed by atoms with Gasteiger partial charge in [-0.1, -0.05) is 0 Å². The average Bonchev–Trinajstić information content (AvgIpc) is 3.07. The highest BCUT2D eigenvalue weighted by atomic mass is 79.9. The Hall–Kier alpha value is -2.49. The van der Waals surface area contributed by atoms with E-state index in [1.54, 1.807) is 4.90 Å². The molecule has 8 nitrogen and oxygen atoms in total. The third-order valence-electron chi connectivity index (χ3n) is 3.75. The predicted octanol–water partition coefficient (Wildman–Crippen LogP) is 3.03. The maximum atomic E-state index is 13.3. The number of likely N-dealkylation sites (tertiary alicyclic amines) is 1. The average molecular weight is 411 g/mol. The van der Waals surface area contributed by atoms with Crippen molar-refractivity contribution in [3.63, 3.8) is 0 Å². The minimum absolute atomic E-state index is 0.00583. The van der Waals surface area contributed by atoms with Gasteiger partial charge in [0.2, 0.25) is 5.82 Å². The van der Waals surface area contributed by atoms with Gasteiger partial charge in [0.15, 0.2) is 11.5 Å². The van der Waals surface area contributed by atoms with Crippen LogP contribution in [0.15, 0.2) is 32.3 Å². The van der Waals surface area contributed by atoms with Gasteiger partial charge < -0.3 is 10.6 Å². The fraction of sp³-hybridized carbons (Fsp3) is 0.333. The Kier molecular flexibility index (Phi) is 5.27. The number of aliphatic imine (C=N–C) groups is 1. The van der Waals surface area contributed by atoms with Crippen molar-refractivity contribution in [3.05, 3.63) is 34.2 Å². The molecular formula is C15H16BrFN6O2. The standard InChI is InChI=1S/C15H16BrFN6O2/c16-10-8-9(4-5-11(10)17)19-13(18)12-14(22-25-21-12)20-15(24)23-6-2-1-3-7-23/h4-5,8H,1-3,6-7H2,(H2,18,19)(H,20,22,24). The van der Waals surface area contributed by atoms with Gasteiger partial charge >= 0.3 is 6.03 Å². The molecule has 0 aliphatic carbocycles. The molecule has 1 saturated heterocycles. The number of halogens is 2. The molecule has 0 radical (unpaired) electrons. The summed E-state index contributed by atoms with van der Waals surface area (Å²) >= 11 is 3.08. The molecule has 1 aliphatic heterocycles. The molecule has 1 aromatic heterocycles. The number of aromatic nitrogens is 2. The van der Waals surface area contributed by atoms with Crippen molar-refractivity contribution in [2.24, 2.45) is 10.7 Å². The number of nitrogens with two attached hydrogens (primary N) is 1. The number of benzene rings is 1. The Morgan fingerprint density at radius 2 is 2.08 bits per heavy atom. The van der Waals surface area contributed by atoms with Crippen LogP contribution in [-0.4, -0.2) is 40.2 Å². The molecule has 0 saturated carbocycles. The fourth-order valence-electron chi connectivity index (χ4n) is 2.46. The van der Waals surface area contributed by atoms with Crippen LogP contribution in [0, 0.1) is 5.82 Å². The summed E-state index contributed by atoms with van der Waals surface area (Å²) in [5.74, 6) is -0.318. The summed E-state index contributed by atoms with van der Waals surface area (Å²) in [6, 6.07) is 3.92. The molecule has 132 valence electrons. The van der Waals surface area contributed by atoms with Crippen LogP contribution in [0.5, 0.6) is 0 Å². The number of amides is 2. The number of nitrogens with zero attached hydrogens (tertiary/aromatic N) is 4. The Bertz CT molecular complexity index is 803. The lowest BCUT2D eigenvalue weighted by atomic mass is 10.1. The number of urea groups is 1. The third kappa shape index (κ3) is 4.13. The molecule has 1 aromatic carbocycles. The van der Waals surface area contributed by atoms with Gasteiger partial charge in [0.05, 0.1) is 10.2 Å². The van der Waals surface area contributed by atoms with E-state index in [0.29, 0.717) is 18.8 Å². The fourth-order valence-corrected chi connectivity index (χ4v) is 2.83. The van der Waals surface area contributed by atoms with Crippen molar-refractivity contribution in [1.29, 1.82) is 0 Å². The van der Waals surface area contributed by atoms with Crippen LogP contribution in [0.4, 0.5) is 20.7 Å². The van der Waals surface area contributed by atoms with E-state index in [9.17, 15) is 9.18 Å². The molecule has 1 aliphatic rings. The van der Waals surface area contributed by atoms with Crippen molar-refractivity contribution in [1.82, 2.24) is 15.2 Å². The van der Waals surface area contributed by atoms with E-state index in [-0.39, 0.29) is 27.9 Å². The first-order valence-corrected chi connectivity index (χ1v) is 8.52. The summed E-state index contributed by atoms with van der Waals surface area (Å²) in [5.41, 5.74) is 6.46. The number of anilines is 1. The summed E-state index contributed by atoms with van der Waals surface area (Å²) in [6.07, 6.45) is 3.06. The van der Waals surface area contributed by atoms with Gasteiger partial charge in [-0.3, -0.25) is 5.32 Å². The second-order valence-corrected chi connectivity index (χ2v) is 6.39. The second-order valence-electron chi connectivity index (χ2n) is 5.53. The number of piperidine rings is 1. The zero-order valence-electron chi connectivity index (χ0n) is 13.2. The molecule has 3 rings (SSSR count). The molecule has 1 fully saturated rings. The van der Waals surface area contributed by atoms with Crippen LogP contribution >= 0.6 is 15.9 Å². The first-order valence-electron chi connectivity index (χ1n) is 7.72. The van der Waals surface area contributed by atoms with Crippen molar-refractivity contribution in [2.75, 3.05) is 18.4 Å². The third-order valence-corrected chi connectivity index (χ3v) is 4.36. The van der Waals surface area contributed by atoms with E-state index in [2.05, 4.69) is 41.2 Å².